The summed E-state index contributed by atoms with van der Waals surface area (Å²) in [5, 5.41) is 0.759. The predicted molar refractivity (Wildman–Crippen MR) is 109 cm³/mol. The number of thioether (sulfide) groups is 1. The van der Waals surface area contributed by atoms with Crippen molar-refractivity contribution in [1.29, 1.82) is 0 Å². The Morgan fingerprint density at radius 1 is 0.800 bits per heavy atom. The van der Waals surface area contributed by atoms with Crippen LogP contribution >= 0.6 is 11.8 Å². The summed E-state index contributed by atoms with van der Waals surface area (Å²) in [5.41, 5.74) is 0. The number of hydrogen-bond acceptors (Lipinski definition) is 4. The average Bonchev–Trinajstić information content (AvgIpc) is 2.59. The molecule has 0 N–H and O–H groups in total. The third-order valence-electron chi connectivity index (χ3n) is 4.60. The lowest BCUT2D eigenvalue weighted by atomic mass is 10.0. The van der Waals surface area contributed by atoms with E-state index in [2.05, 4.69) is 11.7 Å². The lowest BCUT2D eigenvalue weighted by Crippen LogP contribution is -2.06. The Balaban J connectivity index is 3.67. The van der Waals surface area contributed by atoms with E-state index in [0.29, 0.717) is 11.7 Å². The van der Waals surface area contributed by atoms with Crippen LogP contribution in [0.4, 0.5) is 0 Å². The molecule has 0 rings (SSSR count). The van der Waals surface area contributed by atoms with E-state index in [-0.39, 0.29) is 11.1 Å². The molecule has 0 saturated heterocycles. The standard InChI is InChI=1S/C21H40O3S/c1-4-5-6-7-8-10-13-16-20(25-19(2)22)17-14-11-9-12-15-18-21(23)24-3/h20H,4-18H2,1-3H3/t20-/m1/s1. The van der Waals surface area contributed by atoms with Gasteiger partial charge in [-0.15, -0.1) is 0 Å². The van der Waals surface area contributed by atoms with Gasteiger partial charge in [-0.3, -0.25) is 9.59 Å². The lowest BCUT2D eigenvalue weighted by Gasteiger charge is -2.14. The second-order valence-electron chi connectivity index (χ2n) is 7.02. The van der Waals surface area contributed by atoms with E-state index in [1.165, 1.54) is 77.7 Å². The van der Waals surface area contributed by atoms with Crippen LogP contribution in [-0.2, 0) is 14.3 Å². The van der Waals surface area contributed by atoms with Crippen LogP contribution in [0.3, 0.4) is 0 Å². The van der Waals surface area contributed by atoms with E-state index >= 15 is 0 Å². The Kier molecular flexibility index (Phi) is 17.9. The normalized spacial score (nSPS) is 12.1. The van der Waals surface area contributed by atoms with Crippen molar-refractivity contribution in [3.05, 3.63) is 0 Å². The third kappa shape index (κ3) is 18.1. The fourth-order valence-corrected chi connectivity index (χ4v) is 4.14. The average molecular weight is 373 g/mol. The van der Waals surface area contributed by atoms with Gasteiger partial charge in [-0.2, -0.15) is 0 Å². The molecule has 0 fully saturated rings. The molecule has 0 radical (unpaired) electrons. The van der Waals surface area contributed by atoms with Crippen LogP contribution in [0, 0.1) is 0 Å². The molecule has 0 aromatic rings. The van der Waals surface area contributed by atoms with Crippen molar-refractivity contribution in [2.45, 2.75) is 115 Å². The van der Waals surface area contributed by atoms with E-state index in [4.69, 9.17) is 0 Å². The molecule has 0 aliphatic rings. The first-order valence-electron chi connectivity index (χ1n) is 10.3. The summed E-state index contributed by atoms with van der Waals surface area (Å²) in [6.07, 6.45) is 17.8. The number of ether oxygens (including phenoxy) is 1. The maximum atomic E-state index is 11.4. The Morgan fingerprint density at radius 3 is 1.76 bits per heavy atom. The predicted octanol–water partition coefficient (Wildman–Crippen LogP) is 6.68. The van der Waals surface area contributed by atoms with Crippen molar-refractivity contribution in [2.75, 3.05) is 7.11 Å². The zero-order valence-corrected chi connectivity index (χ0v) is 17.6. The lowest BCUT2D eigenvalue weighted by molar-refractivity contribution is -0.140. The summed E-state index contributed by atoms with van der Waals surface area (Å²) in [6.45, 7) is 3.94. The van der Waals surface area contributed by atoms with Crippen molar-refractivity contribution < 1.29 is 14.3 Å². The van der Waals surface area contributed by atoms with Crippen molar-refractivity contribution >= 4 is 22.8 Å². The molecule has 3 nitrogen and oxygen atoms in total. The number of hydrogen-bond donors (Lipinski definition) is 0. The quantitative estimate of drug-likeness (QED) is 0.211. The molecule has 4 heteroatoms. The maximum Gasteiger partial charge on any atom is 0.305 e. The van der Waals surface area contributed by atoms with Gasteiger partial charge in [-0.1, -0.05) is 89.3 Å². The molecule has 0 aromatic heterocycles. The fourth-order valence-electron chi connectivity index (χ4n) is 3.10. The Morgan fingerprint density at radius 2 is 1.28 bits per heavy atom. The van der Waals surface area contributed by atoms with Gasteiger partial charge < -0.3 is 4.74 Å². The number of carbonyl (C=O) groups is 2. The molecule has 148 valence electrons. The molecule has 0 unspecified atom stereocenters. The molecule has 0 heterocycles. The summed E-state index contributed by atoms with van der Waals surface area (Å²) >= 11 is 1.55. The van der Waals surface area contributed by atoms with Gasteiger partial charge in [-0.05, 0) is 19.3 Å². The van der Waals surface area contributed by atoms with Gasteiger partial charge >= 0.3 is 5.97 Å². The SMILES string of the molecule is CCCCCCCCC[C@H](CCCCCCCC(=O)OC)SC(C)=O. The number of esters is 1. The Labute approximate surface area is 160 Å². The van der Waals surface area contributed by atoms with E-state index in [0.717, 1.165) is 19.3 Å². The Hall–Kier alpha value is -0.510. The molecule has 0 bridgehead atoms. The first kappa shape index (κ1) is 24.5. The largest absolute Gasteiger partial charge is 0.469 e. The summed E-state index contributed by atoms with van der Waals surface area (Å²) in [4.78, 5) is 22.5. The Bertz CT molecular complexity index is 331. The van der Waals surface area contributed by atoms with E-state index in [1.807, 2.05) is 0 Å². The first-order chi connectivity index (χ1) is 12.1. The van der Waals surface area contributed by atoms with Gasteiger partial charge in [0.25, 0.3) is 0 Å². The topological polar surface area (TPSA) is 43.4 Å². The summed E-state index contributed by atoms with van der Waals surface area (Å²) in [6, 6.07) is 0. The molecule has 0 aromatic carbocycles. The van der Waals surface area contributed by atoms with E-state index < -0.39 is 0 Å². The summed E-state index contributed by atoms with van der Waals surface area (Å²) in [5.74, 6) is -0.104. The van der Waals surface area contributed by atoms with Gasteiger partial charge in [0, 0.05) is 18.6 Å². The van der Waals surface area contributed by atoms with E-state index in [1.54, 1.807) is 18.7 Å². The molecule has 0 saturated carbocycles. The number of rotatable bonds is 17. The molecule has 25 heavy (non-hydrogen) atoms. The van der Waals surface area contributed by atoms with Crippen molar-refractivity contribution in [2.24, 2.45) is 0 Å². The van der Waals surface area contributed by atoms with Crippen molar-refractivity contribution in [3.63, 3.8) is 0 Å². The number of methoxy groups -OCH3 is 1. The van der Waals surface area contributed by atoms with Crippen molar-refractivity contribution in [1.82, 2.24) is 0 Å². The molecule has 0 aliphatic heterocycles. The highest BCUT2D eigenvalue weighted by molar-refractivity contribution is 8.14. The molecule has 0 spiro atoms. The van der Waals surface area contributed by atoms with Gasteiger partial charge in [-0.25, -0.2) is 0 Å². The minimum Gasteiger partial charge on any atom is -0.469 e. The molecule has 1 atom stereocenters. The summed E-state index contributed by atoms with van der Waals surface area (Å²) in [7, 11) is 1.44. The van der Waals surface area contributed by atoms with E-state index in [9.17, 15) is 9.59 Å². The first-order valence-corrected chi connectivity index (χ1v) is 11.2. The molecule has 0 aliphatic carbocycles. The third-order valence-corrected chi connectivity index (χ3v) is 5.73. The minimum atomic E-state index is -0.104. The second kappa shape index (κ2) is 18.3. The second-order valence-corrected chi connectivity index (χ2v) is 8.50. The minimum absolute atomic E-state index is 0.104. The van der Waals surface area contributed by atoms with Crippen LogP contribution in [0.25, 0.3) is 0 Å². The highest BCUT2D eigenvalue weighted by Crippen LogP contribution is 2.25. The maximum absolute atomic E-state index is 11.4. The van der Waals surface area contributed by atoms with Crippen LogP contribution in [-0.4, -0.2) is 23.4 Å². The van der Waals surface area contributed by atoms with Crippen LogP contribution in [0.5, 0.6) is 0 Å². The molecule has 0 amide bonds. The summed E-state index contributed by atoms with van der Waals surface area (Å²) < 4.78 is 4.65. The number of unbranched alkanes of at least 4 members (excludes halogenated alkanes) is 10. The van der Waals surface area contributed by atoms with Crippen LogP contribution in [0.15, 0.2) is 0 Å². The van der Waals surface area contributed by atoms with Crippen LogP contribution in [0.2, 0.25) is 0 Å². The zero-order chi connectivity index (χ0) is 18.8. The van der Waals surface area contributed by atoms with Gasteiger partial charge in [0.1, 0.15) is 0 Å². The van der Waals surface area contributed by atoms with Gasteiger partial charge in [0.15, 0.2) is 5.12 Å². The highest BCUT2D eigenvalue weighted by Gasteiger charge is 2.11. The van der Waals surface area contributed by atoms with Crippen LogP contribution in [0.1, 0.15) is 110 Å². The highest BCUT2D eigenvalue weighted by atomic mass is 32.2. The smallest absolute Gasteiger partial charge is 0.305 e. The van der Waals surface area contributed by atoms with Crippen molar-refractivity contribution in [3.8, 4) is 0 Å². The van der Waals surface area contributed by atoms with Gasteiger partial charge in [0.05, 0.1) is 7.11 Å². The zero-order valence-electron chi connectivity index (χ0n) is 16.8. The van der Waals surface area contributed by atoms with Crippen LogP contribution < -0.4 is 0 Å². The molecular weight excluding hydrogens is 332 g/mol. The number of carbonyl (C=O) groups excluding carboxylic acids is 2. The monoisotopic (exact) mass is 372 g/mol. The van der Waals surface area contributed by atoms with Gasteiger partial charge in [0.2, 0.25) is 0 Å². The molecular formula is C21H40O3S. The fraction of sp³-hybridized carbons (Fsp3) is 0.905.